The smallest absolute Gasteiger partial charge is 0.248 e. The van der Waals surface area contributed by atoms with Crippen LogP contribution in [0.2, 0.25) is 0 Å². The summed E-state index contributed by atoms with van der Waals surface area (Å²) in [5, 5.41) is 0. The fourth-order valence-corrected chi connectivity index (χ4v) is 4.93. The topological polar surface area (TPSA) is 9.23 Å². The van der Waals surface area contributed by atoms with E-state index in [0.717, 1.165) is 11.1 Å². The Labute approximate surface area is 166 Å². The van der Waals surface area contributed by atoms with Gasteiger partial charge in [0.1, 0.15) is 5.60 Å². The molecule has 135 valence electrons. The van der Waals surface area contributed by atoms with E-state index in [1.807, 2.05) is 0 Å². The van der Waals surface area contributed by atoms with E-state index in [1.54, 1.807) is 0 Å². The molecule has 0 bridgehead atoms. The third-order valence-electron chi connectivity index (χ3n) is 5.90. The average Bonchev–Trinajstić information content (AvgIpc) is 2.77. The van der Waals surface area contributed by atoms with E-state index in [1.165, 1.54) is 43.2 Å². The van der Waals surface area contributed by atoms with Crippen molar-refractivity contribution in [2.24, 2.45) is 0 Å². The molecule has 0 spiro atoms. The molecule has 3 aromatic carbocycles. The number of hydrogen-bond donors (Lipinski definition) is 0. The van der Waals surface area contributed by atoms with Gasteiger partial charge in [-0.2, -0.15) is 0 Å². The maximum Gasteiger partial charge on any atom is 0.248 e. The predicted octanol–water partition coefficient (Wildman–Crippen LogP) is 6.13. The van der Waals surface area contributed by atoms with Gasteiger partial charge < -0.3 is 4.43 Å². The lowest BCUT2D eigenvalue weighted by atomic mass is 9.73. The van der Waals surface area contributed by atoms with E-state index in [2.05, 4.69) is 95.4 Å². The van der Waals surface area contributed by atoms with Crippen LogP contribution >= 0.6 is 0 Å². The van der Waals surface area contributed by atoms with Crippen molar-refractivity contribution in [1.82, 2.24) is 0 Å². The Kier molecular flexibility index (Phi) is 5.56. The van der Waals surface area contributed by atoms with E-state index in [-0.39, 0.29) is 0 Å². The van der Waals surface area contributed by atoms with Gasteiger partial charge in [0.15, 0.2) is 0 Å². The summed E-state index contributed by atoms with van der Waals surface area (Å²) >= 11 is 0. The Hall–Kier alpha value is -2.16. The monoisotopic (exact) mass is 369 g/mol. The first kappa shape index (κ1) is 18.2. The quantitative estimate of drug-likeness (QED) is 0.388. The maximum atomic E-state index is 6.23. The van der Waals surface area contributed by atoms with E-state index < -0.39 is 5.60 Å². The molecule has 3 aromatic rings. The Morgan fingerprint density at radius 2 is 1.19 bits per heavy atom. The molecule has 4 rings (SSSR count). The molecule has 0 heterocycles. The van der Waals surface area contributed by atoms with Crippen LogP contribution in [0.1, 0.15) is 60.3 Å². The summed E-state index contributed by atoms with van der Waals surface area (Å²) in [6.45, 7) is 0. The van der Waals surface area contributed by atoms with Gasteiger partial charge in [-0.3, -0.25) is 0 Å². The third kappa shape index (κ3) is 3.40. The summed E-state index contributed by atoms with van der Waals surface area (Å²) in [4.78, 5) is 0. The van der Waals surface area contributed by atoms with Crippen LogP contribution in [0.3, 0.4) is 0 Å². The van der Waals surface area contributed by atoms with Gasteiger partial charge in [0.25, 0.3) is 0 Å². The second-order valence-electron chi connectivity index (χ2n) is 7.44. The molecule has 0 N–H and O–H groups in total. The largest absolute Gasteiger partial charge is 0.401 e. The van der Waals surface area contributed by atoms with Gasteiger partial charge in [-0.05, 0) is 41.0 Å². The van der Waals surface area contributed by atoms with Gasteiger partial charge >= 0.3 is 0 Å². The highest BCUT2D eigenvalue weighted by Crippen LogP contribution is 2.45. The molecule has 1 aliphatic carbocycles. The van der Waals surface area contributed by atoms with E-state index in [4.69, 9.17) is 4.43 Å². The zero-order valence-corrected chi connectivity index (χ0v) is 16.6. The van der Waals surface area contributed by atoms with Crippen molar-refractivity contribution in [2.45, 2.75) is 43.6 Å². The van der Waals surface area contributed by atoms with Crippen LogP contribution in [0.15, 0.2) is 84.9 Å². The van der Waals surface area contributed by atoms with Crippen LogP contribution < -0.4 is 0 Å². The lowest BCUT2D eigenvalue weighted by molar-refractivity contribution is 0.171. The second kappa shape index (κ2) is 8.24. The molecule has 1 fully saturated rings. The van der Waals surface area contributed by atoms with E-state index in [9.17, 15) is 0 Å². The number of benzene rings is 3. The van der Waals surface area contributed by atoms with Gasteiger partial charge in [-0.1, -0.05) is 104 Å². The molecular formula is C25H25OSi. The lowest BCUT2D eigenvalue weighted by Gasteiger charge is -2.38. The predicted molar refractivity (Wildman–Crippen MR) is 112 cm³/mol. The van der Waals surface area contributed by atoms with Crippen molar-refractivity contribution in [3.63, 3.8) is 0 Å². The number of hydrogen-bond acceptors (Lipinski definition) is 1. The van der Waals surface area contributed by atoms with Crippen LogP contribution in [-0.4, -0.2) is 10.5 Å². The average molecular weight is 370 g/mol. The normalized spacial score (nSPS) is 15.6. The zero-order chi connectivity index (χ0) is 18.5. The number of rotatable bonds is 5. The molecule has 0 aliphatic heterocycles. The van der Waals surface area contributed by atoms with Gasteiger partial charge in [-0.25, -0.2) is 0 Å². The van der Waals surface area contributed by atoms with Crippen molar-refractivity contribution in [2.75, 3.05) is 0 Å². The minimum absolute atomic E-state index is 0.601. The highest BCUT2D eigenvalue weighted by molar-refractivity contribution is 5.99. The van der Waals surface area contributed by atoms with Crippen molar-refractivity contribution < 1.29 is 4.43 Å². The Balaban J connectivity index is 1.95. The van der Waals surface area contributed by atoms with Crippen molar-refractivity contribution in [3.8, 4) is 0 Å². The SMILES string of the molecule is [Si]OC(c1ccccc1)(c1ccccc1)c1ccccc1C1CCCCC1. The van der Waals surface area contributed by atoms with Crippen molar-refractivity contribution in [1.29, 1.82) is 0 Å². The minimum Gasteiger partial charge on any atom is -0.401 e. The summed E-state index contributed by atoms with van der Waals surface area (Å²) in [6, 6.07) is 29.9. The third-order valence-corrected chi connectivity index (χ3v) is 6.20. The standard InChI is InChI=1S/C25H25OSi/c27-26-25(21-14-6-2-7-15-21,22-16-8-3-9-17-22)24-19-11-10-18-23(24)20-12-4-1-5-13-20/h2-3,6-11,14-20H,1,4-5,12-13H2. The molecule has 0 aromatic heterocycles. The van der Waals surface area contributed by atoms with E-state index in [0.29, 0.717) is 5.92 Å². The molecule has 1 aliphatic rings. The minimum atomic E-state index is -0.673. The summed E-state index contributed by atoms with van der Waals surface area (Å²) in [5.74, 6) is 0.601. The fourth-order valence-electron chi connectivity index (χ4n) is 4.58. The molecule has 1 saturated carbocycles. The summed E-state index contributed by atoms with van der Waals surface area (Å²) in [7, 11) is 3.50. The lowest BCUT2D eigenvalue weighted by Crippen LogP contribution is -2.33. The van der Waals surface area contributed by atoms with Gasteiger partial charge in [0.05, 0.1) is 0 Å². The molecule has 3 radical (unpaired) electrons. The Morgan fingerprint density at radius 3 is 1.74 bits per heavy atom. The van der Waals surface area contributed by atoms with Crippen LogP contribution in [0, 0.1) is 0 Å². The van der Waals surface area contributed by atoms with Gasteiger partial charge in [-0.15, -0.1) is 0 Å². The maximum absolute atomic E-state index is 6.23. The van der Waals surface area contributed by atoms with Crippen LogP contribution in [-0.2, 0) is 10.0 Å². The molecule has 1 nitrogen and oxygen atoms in total. The van der Waals surface area contributed by atoms with Crippen LogP contribution in [0.5, 0.6) is 0 Å². The first-order valence-electron chi connectivity index (χ1n) is 9.91. The zero-order valence-electron chi connectivity index (χ0n) is 15.6. The first-order valence-corrected chi connectivity index (χ1v) is 10.3. The summed E-state index contributed by atoms with van der Waals surface area (Å²) in [6.07, 6.45) is 6.52. The fraction of sp³-hybridized carbons (Fsp3) is 0.280. The Bertz CT molecular complexity index is 814. The van der Waals surface area contributed by atoms with Crippen LogP contribution in [0.25, 0.3) is 0 Å². The molecule has 0 unspecified atom stereocenters. The molecule has 0 amide bonds. The van der Waals surface area contributed by atoms with Gasteiger partial charge in [0.2, 0.25) is 10.5 Å². The van der Waals surface area contributed by atoms with E-state index >= 15 is 0 Å². The molecule has 0 saturated heterocycles. The molecule has 0 atom stereocenters. The molecule has 2 heteroatoms. The Morgan fingerprint density at radius 1 is 0.667 bits per heavy atom. The second-order valence-corrected chi connectivity index (χ2v) is 7.64. The van der Waals surface area contributed by atoms with Crippen LogP contribution in [0.4, 0.5) is 0 Å². The highest BCUT2D eigenvalue weighted by atomic mass is 28.2. The summed E-state index contributed by atoms with van der Waals surface area (Å²) < 4.78 is 6.23. The molecular weight excluding hydrogens is 344 g/mol. The highest BCUT2D eigenvalue weighted by Gasteiger charge is 2.38. The van der Waals surface area contributed by atoms with Crippen molar-refractivity contribution >= 4 is 10.5 Å². The first-order chi connectivity index (χ1) is 13.4. The molecule has 27 heavy (non-hydrogen) atoms. The summed E-state index contributed by atoms with van der Waals surface area (Å²) in [5.41, 5.74) is 4.25. The van der Waals surface area contributed by atoms with Gasteiger partial charge in [0, 0.05) is 0 Å². The van der Waals surface area contributed by atoms with Crippen molar-refractivity contribution in [3.05, 3.63) is 107 Å².